The second kappa shape index (κ2) is 2.73. The van der Waals surface area contributed by atoms with Gasteiger partial charge < -0.3 is 5.32 Å². The molecule has 12 heavy (non-hydrogen) atoms. The summed E-state index contributed by atoms with van der Waals surface area (Å²) in [5, 5.41) is 3.65. The van der Waals surface area contributed by atoms with Crippen molar-refractivity contribution in [2.24, 2.45) is 11.3 Å². The monoisotopic (exact) mass is 169 g/mol. The zero-order valence-electron chi connectivity index (χ0n) is 9.36. The molecule has 1 fully saturated rings. The molecule has 0 saturated carbocycles. The van der Waals surface area contributed by atoms with Crippen LogP contribution < -0.4 is 5.32 Å². The molecule has 1 nitrogen and oxygen atoms in total. The molecule has 1 rings (SSSR count). The quantitative estimate of drug-likeness (QED) is 0.588. The van der Waals surface area contributed by atoms with Crippen LogP contribution in [0.1, 0.15) is 48.0 Å². The molecule has 1 saturated heterocycles. The van der Waals surface area contributed by atoms with E-state index in [0.717, 1.165) is 5.92 Å². The smallest absolute Gasteiger partial charge is 0.0161 e. The molecule has 1 aliphatic heterocycles. The Morgan fingerprint density at radius 1 is 1.25 bits per heavy atom. The van der Waals surface area contributed by atoms with Crippen molar-refractivity contribution in [3.63, 3.8) is 0 Å². The topological polar surface area (TPSA) is 12.0 Å². The van der Waals surface area contributed by atoms with Crippen LogP contribution in [0.15, 0.2) is 0 Å². The number of hydrogen-bond acceptors (Lipinski definition) is 1. The second-order valence-corrected chi connectivity index (χ2v) is 5.92. The van der Waals surface area contributed by atoms with E-state index in [-0.39, 0.29) is 0 Å². The van der Waals surface area contributed by atoms with Gasteiger partial charge in [0.25, 0.3) is 0 Å². The average Bonchev–Trinajstić information content (AvgIpc) is 2.02. The highest BCUT2D eigenvalue weighted by molar-refractivity contribution is 5.00. The summed E-state index contributed by atoms with van der Waals surface area (Å²) in [6.45, 7) is 14.0. The molecule has 0 bridgehead atoms. The summed E-state index contributed by atoms with van der Waals surface area (Å²) in [7, 11) is 0. The van der Waals surface area contributed by atoms with Crippen LogP contribution >= 0.6 is 0 Å². The molecule has 1 aliphatic rings. The fraction of sp³-hybridized carbons (Fsp3) is 1.00. The van der Waals surface area contributed by atoms with E-state index in [1.165, 1.54) is 6.42 Å². The molecule has 0 aromatic carbocycles. The van der Waals surface area contributed by atoms with Crippen LogP contribution in [-0.4, -0.2) is 11.6 Å². The minimum absolute atomic E-state index is 0.317. The predicted molar refractivity (Wildman–Crippen MR) is 54.2 cm³/mol. The van der Waals surface area contributed by atoms with E-state index in [2.05, 4.69) is 46.9 Å². The van der Waals surface area contributed by atoms with E-state index in [1.54, 1.807) is 0 Å². The Labute approximate surface area is 76.9 Å². The minimum atomic E-state index is 0.317. The van der Waals surface area contributed by atoms with Crippen LogP contribution in [0.2, 0.25) is 0 Å². The first kappa shape index (κ1) is 10.0. The van der Waals surface area contributed by atoms with Crippen LogP contribution in [0.25, 0.3) is 0 Å². The van der Waals surface area contributed by atoms with Crippen molar-refractivity contribution >= 4 is 0 Å². The lowest BCUT2D eigenvalue weighted by molar-refractivity contribution is 0.167. The zero-order valence-corrected chi connectivity index (χ0v) is 9.36. The summed E-state index contributed by atoms with van der Waals surface area (Å²) in [6, 6.07) is 0.684. The third-order valence-electron chi connectivity index (χ3n) is 3.12. The number of nitrogens with one attached hydrogen (secondary N) is 1. The first-order valence-corrected chi connectivity index (χ1v) is 5.01. The molecule has 1 heteroatoms. The highest BCUT2D eigenvalue weighted by Gasteiger charge is 2.43. The first-order chi connectivity index (χ1) is 5.23. The maximum atomic E-state index is 3.65. The molecular formula is C11H23N. The van der Waals surface area contributed by atoms with Crippen molar-refractivity contribution in [3.8, 4) is 0 Å². The van der Waals surface area contributed by atoms with Crippen LogP contribution in [0.4, 0.5) is 0 Å². The predicted octanol–water partition coefficient (Wildman–Crippen LogP) is 2.81. The largest absolute Gasteiger partial charge is 0.309 e. The fourth-order valence-electron chi connectivity index (χ4n) is 2.88. The standard InChI is InChI=1S/C11H23N/c1-8-7-9(10(2,3)4)11(5,6)12-8/h8-9,12H,7H2,1-6H3. The van der Waals surface area contributed by atoms with Gasteiger partial charge in [0.1, 0.15) is 0 Å². The Kier molecular flexibility index (Phi) is 2.28. The van der Waals surface area contributed by atoms with Gasteiger partial charge in [0, 0.05) is 11.6 Å². The average molecular weight is 169 g/mol. The van der Waals surface area contributed by atoms with E-state index in [1.807, 2.05) is 0 Å². The second-order valence-electron chi connectivity index (χ2n) is 5.92. The maximum Gasteiger partial charge on any atom is 0.0161 e. The van der Waals surface area contributed by atoms with Gasteiger partial charge in [0.15, 0.2) is 0 Å². The van der Waals surface area contributed by atoms with Gasteiger partial charge in [-0.25, -0.2) is 0 Å². The van der Waals surface area contributed by atoms with E-state index in [9.17, 15) is 0 Å². The van der Waals surface area contributed by atoms with Crippen molar-refractivity contribution in [2.75, 3.05) is 0 Å². The lowest BCUT2D eigenvalue weighted by atomic mass is 9.71. The van der Waals surface area contributed by atoms with E-state index < -0.39 is 0 Å². The van der Waals surface area contributed by atoms with Crippen molar-refractivity contribution in [3.05, 3.63) is 0 Å². The summed E-state index contributed by atoms with van der Waals surface area (Å²) in [6.07, 6.45) is 1.32. The lowest BCUT2D eigenvalue weighted by Gasteiger charge is -2.37. The van der Waals surface area contributed by atoms with E-state index in [0.29, 0.717) is 17.0 Å². The summed E-state index contributed by atoms with van der Waals surface area (Å²) < 4.78 is 0. The molecule has 0 radical (unpaired) electrons. The van der Waals surface area contributed by atoms with Crippen molar-refractivity contribution < 1.29 is 0 Å². The summed E-state index contributed by atoms with van der Waals surface area (Å²) in [5.41, 5.74) is 0.749. The Balaban J connectivity index is 2.79. The van der Waals surface area contributed by atoms with E-state index >= 15 is 0 Å². The molecule has 2 atom stereocenters. The van der Waals surface area contributed by atoms with Gasteiger partial charge in [-0.05, 0) is 38.5 Å². The Morgan fingerprint density at radius 2 is 1.75 bits per heavy atom. The third kappa shape index (κ3) is 1.82. The molecule has 1 heterocycles. The molecule has 0 spiro atoms. The molecule has 72 valence electrons. The van der Waals surface area contributed by atoms with Crippen molar-refractivity contribution in [2.45, 2.75) is 59.5 Å². The van der Waals surface area contributed by atoms with Crippen LogP contribution in [0.3, 0.4) is 0 Å². The Morgan fingerprint density at radius 3 is 1.92 bits per heavy atom. The lowest BCUT2D eigenvalue weighted by Crippen LogP contribution is -2.44. The van der Waals surface area contributed by atoms with Gasteiger partial charge in [-0.1, -0.05) is 20.8 Å². The van der Waals surface area contributed by atoms with Gasteiger partial charge in [-0.2, -0.15) is 0 Å². The van der Waals surface area contributed by atoms with Crippen molar-refractivity contribution in [1.82, 2.24) is 5.32 Å². The van der Waals surface area contributed by atoms with Crippen LogP contribution in [0, 0.1) is 11.3 Å². The summed E-state index contributed by atoms with van der Waals surface area (Å²) in [5.74, 6) is 0.792. The first-order valence-electron chi connectivity index (χ1n) is 5.01. The number of rotatable bonds is 0. The van der Waals surface area contributed by atoms with Gasteiger partial charge >= 0.3 is 0 Å². The molecule has 0 aliphatic carbocycles. The molecular weight excluding hydrogens is 146 g/mol. The summed E-state index contributed by atoms with van der Waals surface area (Å²) in [4.78, 5) is 0. The molecule has 0 amide bonds. The van der Waals surface area contributed by atoms with Crippen LogP contribution in [0.5, 0.6) is 0 Å². The number of hydrogen-bond donors (Lipinski definition) is 1. The fourth-order valence-corrected chi connectivity index (χ4v) is 2.88. The van der Waals surface area contributed by atoms with Gasteiger partial charge in [0.2, 0.25) is 0 Å². The van der Waals surface area contributed by atoms with Crippen molar-refractivity contribution in [1.29, 1.82) is 0 Å². The highest BCUT2D eigenvalue weighted by atomic mass is 15.0. The normalized spacial score (nSPS) is 35.5. The SMILES string of the molecule is CC1CC(C(C)(C)C)C(C)(C)N1. The van der Waals surface area contributed by atoms with Gasteiger partial charge in [0.05, 0.1) is 0 Å². The Bertz CT molecular complexity index is 164. The van der Waals surface area contributed by atoms with Gasteiger partial charge in [-0.3, -0.25) is 0 Å². The third-order valence-corrected chi connectivity index (χ3v) is 3.12. The molecule has 0 aromatic rings. The minimum Gasteiger partial charge on any atom is -0.309 e. The van der Waals surface area contributed by atoms with E-state index in [4.69, 9.17) is 0 Å². The van der Waals surface area contributed by atoms with Gasteiger partial charge in [-0.15, -0.1) is 0 Å². The molecule has 0 aromatic heterocycles. The highest BCUT2D eigenvalue weighted by Crippen LogP contribution is 2.42. The molecule has 1 N–H and O–H groups in total. The maximum absolute atomic E-state index is 3.65. The Hall–Kier alpha value is -0.0400. The molecule has 2 unspecified atom stereocenters. The zero-order chi connectivity index (χ0) is 9.57. The summed E-state index contributed by atoms with van der Waals surface area (Å²) >= 11 is 0. The van der Waals surface area contributed by atoms with Crippen LogP contribution in [-0.2, 0) is 0 Å².